The van der Waals surface area contributed by atoms with Crippen LogP contribution in [0, 0.1) is 0 Å². The highest BCUT2D eigenvalue weighted by Crippen LogP contribution is 2.63. The minimum Gasteiger partial charge on any atom is -0.309 e. The van der Waals surface area contributed by atoms with Crippen molar-refractivity contribution in [2.75, 3.05) is 9.80 Å². The van der Waals surface area contributed by atoms with Crippen molar-refractivity contribution in [3.8, 4) is 55.6 Å². The van der Waals surface area contributed by atoms with E-state index in [2.05, 4.69) is 447 Å². The molecule has 2 nitrogen and oxygen atoms in total. The maximum atomic E-state index is 2.59. The summed E-state index contributed by atoms with van der Waals surface area (Å²) in [4.78, 5) is 5.13. The van der Waals surface area contributed by atoms with E-state index in [9.17, 15) is 0 Å². The zero-order valence-corrected chi connectivity index (χ0v) is 61.5. The van der Waals surface area contributed by atoms with Gasteiger partial charge in [0.15, 0.2) is 0 Å². The van der Waals surface area contributed by atoms with Gasteiger partial charge in [0.05, 0.1) is 33.6 Å². The van der Waals surface area contributed by atoms with E-state index in [1.165, 1.54) is 121 Å². The average Bonchev–Trinajstić information content (AvgIpc) is 0.697. The summed E-state index contributed by atoms with van der Waals surface area (Å²) in [6.45, 7) is 0. The van der Waals surface area contributed by atoms with Crippen LogP contribution >= 0.6 is 0 Å². The van der Waals surface area contributed by atoms with Crippen molar-refractivity contribution in [2.24, 2.45) is 0 Å². The minimum absolute atomic E-state index is 0.747. The van der Waals surface area contributed by atoms with Crippen LogP contribution in [0.25, 0.3) is 120 Å². The summed E-state index contributed by atoms with van der Waals surface area (Å²) in [7, 11) is 0. The van der Waals surface area contributed by atoms with Gasteiger partial charge in [-0.2, -0.15) is 0 Å². The van der Waals surface area contributed by atoms with Crippen molar-refractivity contribution in [3.63, 3.8) is 0 Å². The second-order valence-corrected chi connectivity index (χ2v) is 30.0. The molecule has 0 unspecified atom stereocenters. The highest BCUT2D eigenvalue weighted by atomic mass is 15.2. The summed E-state index contributed by atoms with van der Waals surface area (Å²) >= 11 is 0. The van der Waals surface area contributed by atoms with Crippen LogP contribution in [0.1, 0.15) is 44.5 Å². The molecule has 2 aliphatic heterocycles. The maximum Gasteiger partial charge on any atom is 0.0742 e. The smallest absolute Gasteiger partial charge is 0.0742 e. The Balaban J connectivity index is 0.918. The molecular formula is C110H72N2. The lowest BCUT2D eigenvalue weighted by molar-refractivity contribution is 0.731. The first-order valence-corrected chi connectivity index (χ1v) is 39.0. The van der Waals surface area contributed by atoms with Crippen molar-refractivity contribution >= 4 is 98.8 Å². The fourth-order valence-corrected chi connectivity index (χ4v) is 19.7. The number of hydrogen-bond acceptors (Lipinski definition) is 2. The lowest BCUT2D eigenvalue weighted by Crippen LogP contribution is -2.38. The normalized spacial score (nSPS) is 13.3. The molecule has 0 bridgehead atoms. The molecule has 22 rings (SSSR count). The van der Waals surface area contributed by atoms with Gasteiger partial charge in [0.25, 0.3) is 0 Å². The van der Waals surface area contributed by atoms with Gasteiger partial charge in [0, 0.05) is 22.5 Å². The van der Waals surface area contributed by atoms with Crippen LogP contribution in [0.4, 0.5) is 34.1 Å². The summed E-state index contributed by atoms with van der Waals surface area (Å²) in [5, 5.41) is 14.2. The molecule has 0 fully saturated rings. The highest BCUT2D eigenvalue weighted by Gasteiger charge is 2.49. The van der Waals surface area contributed by atoms with Gasteiger partial charge in [-0.3, -0.25) is 0 Å². The highest BCUT2D eigenvalue weighted by molar-refractivity contribution is 6.29. The quantitative estimate of drug-likeness (QED) is 0.119. The maximum absolute atomic E-state index is 2.59. The molecule has 0 saturated heterocycles. The molecule has 0 radical (unpaired) electrons. The van der Waals surface area contributed by atoms with Gasteiger partial charge in [0.2, 0.25) is 0 Å². The minimum atomic E-state index is -0.747. The van der Waals surface area contributed by atoms with Crippen LogP contribution in [-0.2, 0) is 10.8 Å². The zero-order chi connectivity index (χ0) is 73.9. The van der Waals surface area contributed by atoms with E-state index in [4.69, 9.17) is 0 Å². The molecule has 2 heteroatoms. The molecule has 0 aromatic heterocycles. The van der Waals surface area contributed by atoms with Gasteiger partial charge < -0.3 is 9.80 Å². The number of para-hydroxylation sites is 6. The molecule has 2 aliphatic rings. The first-order valence-electron chi connectivity index (χ1n) is 39.0. The third kappa shape index (κ3) is 9.78. The number of nitrogens with zero attached hydrogens (tertiary/aromatic N) is 2. The molecule has 522 valence electrons. The summed E-state index contributed by atoms with van der Waals surface area (Å²) in [5.41, 5.74) is 26.4. The lowest BCUT2D eigenvalue weighted by Gasteiger charge is -2.47. The summed E-state index contributed by atoms with van der Waals surface area (Å²) < 4.78 is 0. The first-order chi connectivity index (χ1) is 55.6. The topological polar surface area (TPSA) is 6.48 Å². The summed E-state index contributed by atoms with van der Waals surface area (Å²) in [5.74, 6) is 0. The van der Waals surface area contributed by atoms with Gasteiger partial charge in [-0.15, -0.1) is 0 Å². The third-order valence-corrected chi connectivity index (χ3v) is 24.3. The van der Waals surface area contributed by atoms with Gasteiger partial charge in [-0.25, -0.2) is 0 Å². The fourth-order valence-electron chi connectivity index (χ4n) is 19.7. The lowest BCUT2D eigenvalue weighted by atomic mass is 9.62. The second kappa shape index (κ2) is 26.2. The monoisotopic (exact) mass is 1420 g/mol. The van der Waals surface area contributed by atoms with E-state index in [1.54, 1.807) is 0 Å². The Morgan fingerprint density at radius 1 is 0.170 bits per heavy atom. The van der Waals surface area contributed by atoms with Crippen LogP contribution in [0.5, 0.6) is 0 Å². The number of fused-ring (bicyclic) bond motifs is 10. The predicted octanol–water partition coefficient (Wildman–Crippen LogP) is 29.3. The average molecular weight is 1420 g/mol. The molecule has 0 aliphatic carbocycles. The Morgan fingerprint density at radius 3 is 0.812 bits per heavy atom. The number of rotatable bonds is 11. The van der Waals surface area contributed by atoms with Gasteiger partial charge in [-0.05, 0) is 214 Å². The van der Waals surface area contributed by atoms with E-state index >= 15 is 0 Å². The number of benzene rings is 20. The van der Waals surface area contributed by atoms with Crippen LogP contribution < -0.4 is 9.80 Å². The number of hydrogen-bond donors (Lipinski definition) is 0. The van der Waals surface area contributed by atoms with Crippen molar-refractivity contribution in [1.82, 2.24) is 0 Å². The molecule has 0 saturated carbocycles. The summed E-state index contributed by atoms with van der Waals surface area (Å²) in [6.07, 6.45) is 0. The molecule has 0 spiro atoms. The van der Waals surface area contributed by atoms with E-state index in [0.717, 1.165) is 77.9 Å². The Bertz CT molecular complexity index is 6610. The summed E-state index contributed by atoms with van der Waals surface area (Å²) in [6, 6.07) is 165. The van der Waals surface area contributed by atoms with Crippen molar-refractivity contribution in [1.29, 1.82) is 0 Å². The van der Waals surface area contributed by atoms with Gasteiger partial charge >= 0.3 is 0 Å². The molecule has 0 N–H and O–H groups in total. The molecule has 20 aromatic carbocycles. The van der Waals surface area contributed by atoms with Crippen molar-refractivity contribution in [3.05, 3.63) is 481 Å². The largest absolute Gasteiger partial charge is 0.309 e. The SMILES string of the molecule is c1ccc(N2c3ccccc3C(c3ccccc3)(c3ccccc3)c3cccc(-c4cccc5c(-c6c7cccc(-c8ccc9ccccc9c8)c7cc7c(-c8ccc9ccccc9c8)cccc67)c6cccc(-c7cccc8c7N(c7ccccc7)c7ccccc7C8(c7ccccc7)c7ccccc7)c6cc45)c32)cc1. The Labute approximate surface area is 652 Å². The van der Waals surface area contributed by atoms with E-state index in [0.29, 0.717) is 0 Å². The number of anilines is 6. The van der Waals surface area contributed by atoms with Crippen molar-refractivity contribution in [2.45, 2.75) is 10.8 Å². The van der Waals surface area contributed by atoms with Gasteiger partial charge in [-0.1, -0.05) is 376 Å². The third-order valence-electron chi connectivity index (χ3n) is 24.3. The molecular weight excluding hydrogens is 1350 g/mol. The van der Waals surface area contributed by atoms with Crippen LogP contribution in [0.2, 0.25) is 0 Å². The molecule has 0 atom stereocenters. The fraction of sp³-hybridized carbons (Fsp3) is 0.0182. The van der Waals surface area contributed by atoms with Gasteiger partial charge in [0.1, 0.15) is 0 Å². The Morgan fingerprint density at radius 2 is 0.446 bits per heavy atom. The van der Waals surface area contributed by atoms with E-state index < -0.39 is 10.8 Å². The van der Waals surface area contributed by atoms with E-state index in [-0.39, 0.29) is 0 Å². The zero-order valence-electron chi connectivity index (χ0n) is 61.5. The van der Waals surface area contributed by atoms with Crippen LogP contribution in [0.3, 0.4) is 0 Å². The molecule has 112 heavy (non-hydrogen) atoms. The second-order valence-electron chi connectivity index (χ2n) is 30.0. The standard InChI is InChI=1S/C110H72N2/c1-7-37-79(38-8-1)109(80-39-9-2-10-40-80)99-59-23-25-63-103(99)111(83-45-15-5-16-46-83)107-93(57-31-61-101(107)109)87-51-29-55-91-97(87)72-98-88(94-58-32-62-102-108(94)112(84-47-17-6-18-48-84)104-64-26-24-60-100(104)110(102,81-41-11-3-12-42-81)82-43-13-4-14-44-82)52-30-56-92(98)106(91)105-89-53-27-49-85(77-67-65-73-33-19-21-35-75(73)69-77)95(89)71-96-86(50-28-54-90(96)105)78-68-66-74-34-20-22-36-76(74)70-78/h1-72H. The molecule has 20 aromatic rings. The van der Waals surface area contributed by atoms with Crippen LogP contribution in [0.15, 0.2) is 437 Å². The van der Waals surface area contributed by atoms with Crippen molar-refractivity contribution < 1.29 is 0 Å². The molecule has 0 amide bonds. The predicted molar refractivity (Wildman–Crippen MR) is 472 cm³/mol. The Kier molecular flexibility index (Phi) is 15.1. The molecule has 2 heterocycles. The van der Waals surface area contributed by atoms with E-state index in [1.807, 2.05) is 0 Å². The first kappa shape index (κ1) is 64.7. The Hall–Kier alpha value is -14.4. The van der Waals surface area contributed by atoms with Crippen LogP contribution in [-0.4, -0.2) is 0 Å².